The van der Waals surface area contributed by atoms with E-state index in [4.69, 9.17) is 4.74 Å². The van der Waals surface area contributed by atoms with E-state index in [1.165, 1.54) is 0 Å². The van der Waals surface area contributed by atoms with Crippen molar-refractivity contribution >= 4 is 0 Å². The number of nitrogens with zero attached hydrogens (tertiary/aromatic N) is 2. The molecule has 3 heteroatoms. The number of aromatic nitrogens is 2. The van der Waals surface area contributed by atoms with E-state index in [1.54, 1.807) is 12.4 Å². The van der Waals surface area contributed by atoms with Gasteiger partial charge in [-0.1, -0.05) is 0 Å². The molecule has 0 aliphatic heterocycles. The first kappa shape index (κ1) is 6.01. The maximum Gasteiger partial charge on any atom is 0.197 e. The smallest absolute Gasteiger partial charge is 0.197 e. The molecule has 1 radical (unpaired) electrons. The normalized spacial score (nSPS) is 9.00. The summed E-state index contributed by atoms with van der Waals surface area (Å²) >= 11 is 0. The molecular formula is C6H7N2O. The van der Waals surface area contributed by atoms with Crippen molar-refractivity contribution in [3.05, 3.63) is 18.7 Å². The van der Waals surface area contributed by atoms with Gasteiger partial charge >= 0.3 is 0 Å². The van der Waals surface area contributed by atoms with Crippen LogP contribution in [0.1, 0.15) is 6.92 Å². The van der Waals surface area contributed by atoms with Crippen molar-refractivity contribution in [2.75, 3.05) is 6.61 Å². The average Bonchev–Trinajstić information content (AvgIpc) is 1.91. The molecule has 0 unspecified atom stereocenters. The van der Waals surface area contributed by atoms with Crippen LogP contribution >= 0.6 is 0 Å². The van der Waals surface area contributed by atoms with Gasteiger partial charge in [-0.3, -0.25) is 0 Å². The molecule has 1 aromatic heterocycles. The summed E-state index contributed by atoms with van der Waals surface area (Å²) < 4.78 is 5.06. The van der Waals surface area contributed by atoms with E-state index in [-0.39, 0.29) is 0 Å². The molecule has 0 saturated carbocycles. The molecule has 0 saturated heterocycles. The van der Waals surface area contributed by atoms with Crippen molar-refractivity contribution in [1.82, 2.24) is 9.97 Å². The molecule has 47 valence electrons. The zero-order valence-corrected chi connectivity index (χ0v) is 5.16. The molecule has 0 bridgehead atoms. The summed E-state index contributed by atoms with van der Waals surface area (Å²) in [6, 6.07) is 0. The van der Waals surface area contributed by atoms with Crippen molar-refractivity contribution in [1.29, 1.82) is 0 Å². The second kappa shape index (κ2) is 3.02. The van der Waals surface area contributed by atoms with Crippen molar-refractivity contribution in [2.45, 2.75) is 6.92 Å². The fourth-order valence-electron chi connectivity index (χ4n) is 0.493. The Morgan fingerprint density at radius 3 is 2.78 bits per heavy atom. The molecule has 0 fully saturated rings. The van der Waals surface area contributed by atoms with Crippen LogP contribution in [0.5, 0.6) is 5.75 Å². The lowest BCUT2D eigenvalue weighted by Gasteiger charge is -1.97. The molecule has 0 N–H and O–H groups in total. The molecule has 1 aromatic rings. The fraction of sp³-hybridized carbons (Fsp3) is 0.333. The first-order chi connectivity index (χ1) is 4.43. The van der Waals surface area contributed by atoms with Gasteiger partial charge in [0.2, 0.25) is 0 Å². The highest BCUT2D eigenvalue weighted by atomic mass is 16.5. The molecule has 3 nitrogen and oxygen atoms in total. The molecule has 0 aromatic carbocycles. The van der Waals surface area contributed by atoms with Crippen LogP contribution in [0.25, 0.3) is 0 Å². The van der Waals surface area contributed by atoms with Gasteiger partial charge in [0.1, 0.15) is 0 Å². The Bertz CT molecular complexity index is 164. The van der Waals surface area contributed by atoms with Gasteiger partial charge in [-0.2, -0.15) is 0 Å². The minimum Gasteiger partial charge on any atom is -0.491 e. The van der Waals surface area contributed by atoms with Gasteiger partial charge in [-0.15, -0.1) is 0 Å². The molecule has 0 aliphatic carbocycles. The molecule has 0 atom stereocenters. The number of hydrogen-bond acceptors (Lipinski definition) is 3. The Hall–Kier alpha value is -1.12. The highest BCUT2D eigenvalue weighted by molar-refractivity contribution is 5.09. The quantitative estimate of drug-likeness (QED) is 0.580. The standard InChI is InChI=1S/C6H7N2O/c1-2-9-6-3-7-5-8-4-6/h3-4H,2H2,1H3. The first-order valence-electron chi connectivity index (χ1n) is 2.74. The topological polar surface area (TPSA) is 35.0 Å². The average molecular weight is 123 g/mol. The SMILES string of the molecule is CCOc1cn[c]nc1. The summed E-state index contributed by atoms with van der Waals surface area (Å²) in [6.07, 6.45) is 5.57. The van der Waals surface area contributed by atoms with Crippen LogP contribution in [0, 0.1) is 6.33 Å². The Morgan fingerprint density at radius 2 is 2.22 bits per heavy atom. The van der Waals surface area contributed by atoms with Gasteiger partial charge in [0, 0.05) is 0 Å². The van der Waals surface area contributed by atoms with Crippen LogP contribution in [0.4, 0.5) is 0 Å². The van der Waals surface area contributed by atoms with Gasteiger partial charge in [-0.25, -0.2) is 9.97 Å². The highest BCUT2D eigenvalue weighted by Crippen LogP contribution is 2.01. The Labute approximate surface area is 53.7 Å². The minimum atomic E-state index is 0.646. The molecular weight excluding hydrogens is 116 g/mol. The van der Waals surface area contributed by atoms with Crippen LogP contribution in [-0.2, 0) is 0 Å². The van der Waals surface area contributed by atoms with Gasteiger partial charge in [0.25, 0.3) is 0 Å². The van der Waals surface area contributed by atoms with E-state index in [2.05, 4.69) is 16.3 Å². The van der Waals surface area contributed by atoms with Crippen molar-refractivity contribution < 1.29 is 4.74 Å². The van der Waals surface area contributed by atoms with E-state index in [9.17, 15) is 0 Å². The van der Waals surface area contributed by atoms with Crippen molar-refractivity contribution in [3.63, 3.8) is 0 Å². The van der Waals surface area contributed by atoms with Crippen LogP contribution in [0.2, 0.25) is 0 Å². The van der Waals surface area contributed by atoms with E-state index in [0.717, 1.165) is 0 Å². The molecule has 1 rings (SSSR count). The lowest BCUT2D eigenvalue weighted by Crippen LogP contribution is -1.91. The number of hydrogen-bond donors (Lipinski definition) is 0. The van der Waals surface area contributed by atoms with Crippen LogP contribution in [0.3, 0.4) is 0 Å². The Kier molecular flexibility index (Phi) is 2.01. The van der Waals surface area contributed by atoms with Crippen LogP contribution in [-0.4, -0.2) is 16.6 Å². The fourth-order valence-corrected chi connectivity index (χ4v) is 0.493. The number of rotatable bonds is 2. The molecule has 1 heterocycles. The Balaban J connectivity index is 2.61. The van der Waals surface area contributed by atoms with Crippen molar-refractivity contribution in [3.8, 4) is 5.75 Å². The van der Waals surface area contributed by atoms with Crippen molar-refractivity contribution in [2.24, 2.45) is 0 Å². The summed E-state index contributed by atoms with van der Waals surface area (Å²) in [4.78, 5) is 7.28. The maximum atomic E-state index is 5.06. The van der Waals surface area contributed by atoms with Gasteiger partial charge in [0.15, 0.2) is 12.1 Å². The number of ether oxygens (including phenoxy) is 1. The molecule has 0 aliphatic rings. The lowest BCUT2D eigenvalue weighted by atomic mass is 10.6. The van der Waals surface area contributed by atoms with Crippen LogP contribution < -0.4 is 4.74 Å². The molecule has 9 heavy (non-hydrogen) atoms. The largest absolute Gasteiger partial charge is 0.491 e. The predicted molar refractivity (Wildman–Crippen MR) is 32.0 cm³/mol. The second-order valence-corrected chi connectivity index (χ2v) is 1.45. The third-order valence-corrected chi connectivity index (χ3v) is 0.810. The zero-order valence-electron chi connectivity index (χ0n) is 5.16. The monoisotopic (exact) mass is 123 g/mol. The summed E-state index contributed by atoms with van der Waals surface area (Å²) in [5.74, 6) is 0.691. The van der Waals surface area contributed by atoms with E-state index >= 15 is 0 Å². The third-order valence-electron chi connectivity index (χ3n) is 0.810. The van der Waals surface area contributed by atoms with E-state index in [0.29, 0.717) is 12.4 Å². The maximum absolute atomic E-state index is 5.06. The van der Waals surface area contributed by atoms with Gasteiger partial charge < -0.3 is 4.74 Å². The van der Waals surface area contributed by atoms with Crippen LogP contribution in [0.15, 0.2) is 12.4 Å². The highest BCUT2D eigenvalue weighted by Gasteiger charge is 1.86. The lowest BCUT2D eigenvalue weighted by molar-refractivity contribution is 0.337. The molecule has 0 spiro atoms. The summed E-state index contributed by atoms with van der Waals surface area (Å²) in [6.45, 7) is 2.56. The summed E-state index contributed by atoms with van der Waals surface area (Å²) in [5, 5.41) is 0. The van der Waals surface area contributed by atoms with E-state index < -0.39 is 0 Å². The molecule has 0 amide bonds. The summed E-state index contributed by atoms with van der Waals surface area (Å²) in [7, 11) is 0. The van der Waals surface area contributed by atoms with Gasteiger partial charge in [-0.05, 0) is 6.92 Å². The third kappa shape index (κ3) is 1.68. The van der Waals surface area contributed by atoms with E-state index in [1.807, 2.05) is 6.92 Å². The van der Waals surface area contributed by atoms with Gasteiger partial charge in [0.05, 0.1) is 19.0 Å². The minimum absolute atomic E-state index is 0.646. The second-order valence-electron chi connectivity index (χ2n) is 1.45. The predicted octanol–water partition coefficient (Wildman–Crippen LogP) is 0.675. The zero-order chi connectivity index (χ0) is 6.53. The first-order valence-corrected chi connectivity index (χ1v) is 2.74. The summed E-state index contributed by atoms with van der Waals surface area (Å²) in [5.41, 5.74) is 0. The Morgan fingerprint density at radius 1 is 1.56 bits per heavy atom.